The van der Waals surface area contributed by atoms with Crippen LogP contribution in [0.25, 0.3) is 0 Å². The molecule has 2 N–H and O–H groups in total. The lowest BCUT2D eigenvalue weighted by atomic mass is 9.95. The quantitative estimate of drug-likeness (QED) is 0.889. The van der Waals surface area contributed by atoms with Gasteiger partial charge < -0.3 is 5.73 Å². The summed E-state index contributed by atoms with van der Waals surface area (Å²) in [6.07, 6.45) is 0. The van der Waals surface area contributed by atoms with Gasteiger partial charge in [-0.2, -0.15) is 4.31 Å². The molecule has 1 aliphatic heterocycles. The second-order valence-electron chi connectivity index (χ2n) is 5.43. The monoisotopic (exact) mass is 380 g/mol. The molecular weight excluding hydrogens is 364 g/mol. The first kappa shape index (κ1) is 15.7. The molecule has 22 heavy (non-hydrogen) atoms. The molecule has 4 nitrogen and oxygen atoms in total. The van der Waals surface area contributed by atoms with Crippen LogP contribution in [0.4, 0.5) is 0 Å². The second kappa shape index (κ2) is 6.12. The van der Waals surface area contributed by atoms with Crippen molar-refractivity contribution in [3.63, 3.8) is 0 Å². The van der Waals surface area contributed by atoms with Crippen molar-refractivity contribution in [3.8, 4) is 0 Å². The average Bonchev–Trinajstić information content (AvgIpc) is 2.91. The van der Waals surface area contributed by atoms with Gasteiger partial charge in [0.25, 0.3) is 0 Å². The predicted molar refractivity (Wildman–Crippen MR) is 90.1 cm³/mol. The van der Waals surface area contributed by atoms with Gasteiger partial charge in [-0.1, -0.05) is 42.5 Å². The molecule has 3 rings (SSSR count). The molecule has 0 unspecified atom stereocenters. The van der Waals surface area contributed by atoms with Crippen molar-refractivity contribution in [3.05, 3.63) is 64.6 Å². The van der Waals surface area contributed by atoms with Gasteiger partial charge in [0.1, 0.15) is 0 Å². The smallest absolute Gasteiger partial charge is 0.244 e. The molecule has 0 saturated carbocycles. The number of nitrogens with two attached hydrogens (primary N) is 1. The highest BCUT2D eigenvalue weighted by molar-refractivity contribution is 9.10. The van der Waals surface area contributed by atoms with Gasteiger partial charge in [-0.3, -0.25) is 0 Å². The fourth-order valence-corrected chi connectivity index (χ4v) is 5.30. The summed E-state index contributed by atoms with van der Waals surface area (Å²) in [4.78, 5) is 0.288. The van der Waals surface area contributed by atoms with Gasteiger partial charge in [0, 0.05) is 29.5 Å². The summed E-state index contributed by atoms with van der Waals surface area (Å²) in [5, 5.41) is 0. The molecule has 1 heterocycles. The minimum Gasteiger partial charge on any atom is -0.326 e. The molecule has 6 heteroatoms. The highest BCUT2D eigenvalue weighted by atomic mass is 79.9. The van der Waals surface area contributed by atoms with E-state index in [-0.39, 0.29) is 16.9 Å². The molecule has 0 radical (unpaired) electrons. The summed E-state index contributed by atoms with van der Waals surface area (Å²) in [5.74, 6) is 0.0264. The number of halogens is 1. The zero-order valence-electron chi connectivity index (χ0n) is 11.9. The number of hydrogen-bond acceptors (Lipinski definition) is 3. The van der Waals surface area contributed by atoms with Crippen LogP contribution in [0.2, 0.25) is 0 Å². The van der Waals surface area contributed by atoms with E-state index in [1.54, 1.807) is 24.3 Å². The van der Waals surface area contributed by atoms with Gasteiger partial charge >= 0.3 is 0 Å². The lowest BCUT2D eigenvalue weighted by Crippen LogP contribution is -2.32. The number of benzene rings is 2. The van der Waals surface area contributed by atoms with Crippen molar-refractivity contribution < 1.29 is 8.42 Å². The first-order chi connectivity index (χ1) is 10.5. The van der Waals surface area contributed by atoms with Crippen molar-refractivity contribution in [1.82, 2.24) is 4.31 Å². The Morgan fingerprint density at radius 3 is 2.32 bits per heavy atom. The van der Waals surface area contributed by atoms with E-state index in [0.717, 1.165) is 5.56 Å². The Hall–Kier alpha value is -1.21. The average molecular weight is 381 g/mol. The van der Waals surface area contributed by atoms with E-state index in [0.29, 0.717) is 17.6 Å². The van der Waals surface area contributed by atoms with Crippen LogP contribution < -0.4 is 5.73 Å². The summed E-state index contributed by atoms with van der Waals surface area (Å²) in [5.41, 5.74) is 7.28. The highest BCUT2D eigenvalue weighted by Gasteiger charge is 2.38. The SMILES string of the molecule is N[C@@H]1CN(S(=O)(=O)c2ccccc2Br)C[C@H]1c1ccccc1. The minimum absolute atomic E-state index is 0.0264. The Bertz CT molecular complexity index is 765. The van der Waals surface area contributed by atoms with E-state index in [1.807, 2.05) is 30.3 Å². The molecule has 0 aromatic heterocycles. The zero-order chi connectivity index (χ0) is 15.7. The minimum atomic E-state index is -3.54. The van der Waals surface area contributed by atoms with Crippen LogP contribution in [0.3, 0.4) is 0 Å². The number of rotatable bonds is 3. The van der Waals surface area contributed by atoms with Crippen LogP contribution in [0.5, 0.6) is 0 Å². The van der Waals surface area contributed by atoms with Gasteiger partial charge in [-0.25, -0.2) is 8.42 Å². The van der Waals surface area contributed by atoms with Crippen molar-refractivity contribution >= 4 is 26.0 Å². The molecule has 1 saturated heterocycles. The summed E-state index contributed by atoms with van der Waals surface area (Å²) in [6, 6.07) is 16.5. The number of sulfonamides is 1. The van der Waals surface area contributed by atoms with E-state index >= 15 is 0 Å². The lowest BCUT2D eigenvalue weighted by Gasteiger charge is -2.17. The molecule has 0 aliphatic carbocycles. The van der Waals surface area contributed by atoms with Gasteiger partial charge in [-0.05, 0) is 33.6 Å². The van der Waals surface area contributed by atoms with E-state index in [4.69, 9.17) is 5.73 Å². The maximum Gasteiger partial charge on any atom is 0.244 e. The molecule has 1 fully saturated rings. The van der Waals surface area contributed by atoms with Crippen LogP contribution >= 0.6 is 15.9 Å². The van der Waals surface area contributed by atoms with Gasteiger partial charge in [-0.15, -0.1) is 0 Å². The third kappa shape index (κ3) is 2.84. The van der Waals surface area contributed by atoms with Crippen LogP contribution in [0.1, 0.15) is 11.5 Å². The van der Waals surface area contributed by atoms with Crippen molar-refractivity contribution in [2.75, 3.05) is 13.1 Å². The van der Waals surface area contributed by atoms with Crippen LogP contribution in [-0.2, 0) is 10.0 Å². The Labute approximate surface area is 139 Å². The summed E-state index contributed by atoms with van der Waals surface area (Å²) in [6.45, 7) is 0.748. The maximum atomic E-state index is 12.8. The Kier molecular flexibility index (Phi) is 4.36. The largest absolute Gasteiger partial charge is 0.326 e. The molecule has 0 bridgehead atoms. The highest BCUT2D eigenvalue weighted by Crippen LogP contribution is 2.32. The topological polar surface area (TPSA) is 63.4 Å². The summed E-state index contributed by atoms with van der Waals surface area (Å²) in [7, 11) is -3.54. The fraction of sp³-hybridized carbons (Fsp3) is 0.250. The first-order valence-electron chi connectivity index (χ1n) is 7.05. The van der Waals surface area contributed by atoms with E-state index in [9.17, 15) is 8.42 Å². The Balaban J connectivity index is 1.90. The molecule has 2 aromatic rings. The van der Waals surface area contributed by atoms with Gasteiger partial charge in [0.15, 0.2) is 0 Å². The van der Waals surface area contributed by atoms with E-state index in [1.165, 1.54) is 4.31 Å². The first-order valence-corrected chi connectivity index (χ1v) is 9.28. The van der Waals surface area contributed by atoms with Gasteiger partial charge in [0.2, 0.25) is 10.0 Å². The third-order valence-electron chi connectivity index (χ3n) is 4.01. The molecular formula is C16H17BrN2O2S. The number of nitrogens with zero attached hydrogens (tertiary/aromatic N) is 1. The van der Waals surface area contributed by atoms with Crippen LogP contribution in [0.15, 0.2) is 64.0 Å². The normalized spacial score (nSPS) is 22.8. The fourth-order valence-electron chi connectivity index (χ4n) is 2.83. The Morgan fingerprint density at radius 2 is 1.64 bits per heavy atom. The number of hydrogen-bond donors (Lipinski definition) is 1. The van der Waals surface area contributed by atoms with Gasteiger partial charge in [0.05, 0.1) is 4.90 Å². The molecule has 1 aliphatic rings. The van der Waals surface area contributed by atoms with Crippen molar-refractivity contribution in [2.45, 2.75) is 16.9 Å². The Morgan fingerprint density at radius 1 is 1.00 bits per heavy atom. The van der Waals surface area contributed by atoms with Crippen LogP contribution in [-0.4, -0.2) is 31.9 Å². The molecule has 2 aromatic carbocycles. The third-order valence-corrected chi connectivity index (χ3v) is 6.86. The lowest BCUT2D eigenvalue weighted by molar-refractivity contribution is 0.470. The van der Waals surface area contributed by atoms with Crippen molar-refractivity contribution in [1.29, 1.82) is 0 Å². The maximum absolute atomic E-state index is 12.8. The second-order valence-corrected chi connectivity index (χ2v) is 8.19. The van der Waals surface area contributed by atoms with E-state index in [2.05, 4.69) is 15.9 Å². The predicted octanol–water partition coefficient (Wildman–Crippen LogP) is 2.56. The zero-order valence-corrected chi connectivity index (χ0v) is 14.3. The molecule has 0 amide bonds. The van der Waals surface area contributed by atoms with Crippen LogP contribution in [0, 0.1) is 0 Å². The summed E-state index contributed by atoms with van der Waals surface area (Å²) < 4.78 is 27.7. The molecule has 0 spiro atoms. The van der Waals surface area contributed by atoms with E-state index < -0.39 is 10.0 Å². The molecule has 116 valence electrons. The molecule has 2 atom stereocenters. The standard InChI is InChI=1S/C16H17BrN2O2S/c17-14-8-4-5-9-16(14)22(20,21)19-10-13(15(18)11-19)12-6-2-1-3-7-12/h1-9,13,15H,10-11,18H2/t13-,15+/m0/s1. The summed E-state index contributed by atoms with van der Waals surface area (Å²) >= 11 is 3.32. The van der Waals surface area contributed by atoms with Crippen molar-refractivity contribution in [2.24, 2.45) is 5.73 Å².